The number of esters is 4. The van der Waals surface area contributed by atoms with Crippen molar-refractivity contribution in [1.82, 2.24) is 0 Å². The lowest BCUT2D eigenvalue weighted by Crippen LogP contribution is -2.30. The first-order valence-corrected chi connectivity index (χ1v) is 41.8. The number of hydrogen-bond donors (Lipinski definition) is 3. The van der Waals surface area contributed by atoms with Crippen molar-refractivity contribution < 1.29 is 80.2 Å². The molecule has 0 heterocycles. The molecule has 0 aromatic carbocycles. The lowest BCUT2D eigenvalue weighted by atomic mass is 10.0. The quantitative estimate of drug-likeness (QED) is 0.0169. The SMILES string of the molecule is CC/C=C\C/C=C\C/C=C\C/C=C\C/C=C\CCCC(=O)OCC(COP(=O)(O)OCC(O)COP(=O)(O)OCC(COC(=O)CCCCCCCCCCCCCCCCC)OC(=O)CCCCCCCCCCCCC)OC(=O)CCCCCCC/C=C\C/C=C\CCCCC. The second-order valence-corrected chi connectivity index (χ2v) is 28.8. The Kier molecular flexibility index (Phi) is 68.9. The summed E-state index contributed by atoms with van der Waals surface area (Å²) in [5, 5.41) is 10.6. The largest absolute Gasteiger partial charge is 0.472 e. The molecule has 0 fully saturated rings. The van der Waals surface area contributed by atoms with Gasteiger partial charge in [-0.2, -0.15) is 0 Å². The summed E-state index contributed by atoms with van der Waals surface area (Å²) in [4.78, 5) is 72.8. The van der Waals surface area contributed by atoms with Crippen LogP contribution in [0.15, 0.2) is 85.1 Å². The first kappa shape index (κ1) is 94.2. The zero-order valence-corrected chi connectivity index (χ0v) is 63.7. The molecule has 0 bridgehead atoms. The van der Waals surface area contributed by atoms with Crippen LogP contribution in [0.4, 0.5) is 0 Å². The predicted octanol–water partition coefficient (Wildman–Crippen LogP) is 22.2. The molecule has 5 atom stereocenters. The number of carbonyl (C=O) groups is 4. The molecule has 568 valence electrons. The normalized spacial score (nSPS) is 14.4. The summed E-state index contributed by atoms with van der Waals surface area (Å²) in [6.45, 7) is 4.69. The van der Waals surface area contributed by atoms with Crippen molar-refractivity contribution in [3.63, 3.8) is 0 Å². The molecule has 19 heteroatoms. The zero-order chi connectivity index (χ0) is 71.8. The smallest absolute Gasteiger partial charge is 0.462 e. The number of rotatable bonds is 73. The summed E-state index contributed by atoms with van der Waals surface area (Å²) >= 11 is 0. The standard InChI is InChI=1S/C79H140O17P2/c1-5-9-13-17-21-25-29-32-35-36-39-41-45-48-52-56-60-64-77(82)90-70-75(96-79(84)66-62-58-54-50-46-42-38-34-31-27-23-19-15-11-7-3)72-94-98(87,88)92-68-73(80)67-91-97(85,86)93-71-74(95-78(83)65-61-57-53-49-43-28-24-20-16-12-8-4)69-89-76(81)63-59-55-51-47-44-40-37-33-30-26-22-18-14-10-6-2/h9,13,21,23,25,27,32,34-35,38-39,41,48,52,73-75,80H,5-8,10-12,14-20,22,24,26,28-31,33,36-37,40,42-47,49-51,53-72H2,1-4H3,(H,85,86)(H,87,88)/b13-9-,25-21-,27-23-,35-32-,38-34-,41-39-,52-48-. The number of phosphoric acid groups is 2. The van der Waals surface area contributed by atoms with E-state index >= 15 is 0 Å². The molecule has 0 aliphatic carbocycles. The molecule has 0 aliphatic heterocycles. The van der Waals surface area contributed by atoms with Gasteiger partial charge in [-0.3, -0.25) is 37.3 Å². The predicted molar refractivity (Wildman–Crippen MR) is 399 cm³/mol. The summed E-state index contributed by atoms with van der Waals surface area (Å²) in [5.41, 5.74) is 0. The molecule has 0 spiro atoms. The maximum absolute atomic E-state index is 13.1. The number of phosphoric ester groups is 2. The minimum Gasteiger partial charge on any atom is -0.462 e. The van der Waals surface area contributed by atoms with E-state index in [1.54, 1.807) is 0 Å². The van der Waals surface area contributed by atoms with Crippen molar-refractivity contribution >= 4 is 39.5 Å². The third-order valence-electron chi connectivity index (χ3n) is 16.4. The Morgan fingerprint density at radius 1 is 0.296 bits per heavy atom. The van der Waals surface area contributed by atoms with Crippen LogP contribution in [0.2, 0.25) is 0 Å². The highest BCUT2D eigenvalue weighted by Gasteiger charge is 2.30. The van der Waals surface area contributed by atoms with Crippen LogP contribution < -0.4 is 0 Å². The second-order valence-electron chi connectivity index (χ2n) is 25.9. The number of unbranched alkanes of at least 4 members (excludes halogenated alkanes) is 33. The van der Waals surface area contributed by atoms with Crippen molar-refractivity contribution in [3.05, 3.63) is 85.1 Å². The Bertz CT molecular complexity index is 2190. The molecule has 17 nitrogen and oxygen atoms in total. The van der Waals surface area contributed by atoms with Crippen LogP contribution in [0, 0.1) is 0 Å². The molecule has 98 heavy (non-hydrogen) atoms. The molecular weight excluding hydrogens is 1280 g/mol. The Morgan fingerprint density at radius 2 is 0.541 bits per heavy atom. The van der Waals surface area contributed by atoms with Gasteiger partial charge >= 0.3 is 39.5 Å². The van der Waals surface area contributed by atoms with E-state index < -0.39 is 97.5 Å². The van der Waals surface area contributed by atoms with Crippen molar-refractivity contribution in [2.24, 2.45) is 0 Å². The van der Waals surface area contributed by atoms with E-state index in [0.29, 0.717) is 32.1 Å². The lowest BCUT2D eigenvalue weighted by molar-refractivity contribution is -0.161. The Labute approximate surface area is 595 Å². The highest BCUT2D eigenvalue weighted by Crippen LogP contribution is 2.45. The monoisotopic (exact) mass is 1420 g/mol. The minimum atomic E-state index is -4.99. The topological polar surface area (TPSA) is 237 Å². The maximum Gasteiger partial charge on any atom is 0.472 e. The van der Waals surface area contributed by atoms with Crippen LogP contribution in [0.25, 0.3) is 0 Å². The van der Waals surface area contributed by atoms with Gasteiger partial charge in [0.05, 0.1) is 26.4 Å². The van der Waals surface area contributed by atoms with E-state index in [9.17, 15) is 43.2 Å². The molecule has 0 aromatic heterocycles. The molecule has 0 aliphatic rings. The highest BCUT2D eigenvalue weighted by atomic mass is 31.2. The number of aliphatic hydroxyl groups is 1. The van der Waals surface area contributed by atoms with Gasteiger partial charge in [0.2, 0.25) is 0 Å². The molecule has 0 saturated carbocycles. The van der Waals surface area contributed by atoms with E-state index in [0.717, 1.165) is 122 Å². The second kappa shape index (κ2) is 71.6. The fourth-order valence-corrected chi connectivity index (χ4v) is 12.0. The molecule has 0 saturated heterocycles. The lowest BCUT2D eigenvalue weighted by Gasteiger charge is -2.21. The number of hydrogen-bond acceptors (Lipinski definition) is 15. The summed E-state index contributed by atoms with van der Waals surface area (Å²) in [6.07, 6.45) is 72.9. The van der Waals surface area contributed by atoms with E-state index in [1.807, 2.05) is 12.2 Å². The van der Waals surface area contributed by atoms with Gasteiger partial charge in [0.15, 0.2) is 12.2 Å². The van der Waals surface area contributed by atoms with E-state index in [2.05, 4.69) is 101 Å². The van der Waals surface area contributed by atoms with Crippen molar-refractivity contribution in [2.75, 3.05) is 39.6 Å². The summed E-state index contributed by atoms with van der Waals surface area (Å²) in [6, 6.07) is 0. The number of ether oxygens (including phenoxy) is 4. The summed E-state index contributed by atoms with van der Waals surface area (Å²) in [7, 11) is -9.96. The van der Waals surface area contributed by atoms with Crippen LogP contribution in [0.5, 0.6) is 0 Å². The average Bonchev–Trinajstić information content (AvgIpc) is 0.986. The van der Waals surface area contributed by atoms with Gasteiger partial charge in [-0.25, -0.2) is 9.13 Å². The molecule has 0 radical (unpaired) electrons. The van der Waals surface area contributed by atoms with Gasteiger partial charge in [0.1, 0.15) is 19.3 Å². The fourth-order valence-electron chi connectivity index (χ4n) is 10.5. The number of aliphatic hydroxyl groups excluding tert-OH is 1. The van der Waals surface area contributed by atoms with Gasteiger partial charge in [-0.15, -0.1) is 0 Å². The molecule has 0 rings (SSSR count). The number of allylic oxidation sites excluding steroid dienone is 14. The van der Waals surface area contributed by atoms with Crippen molar-refractivity contribution in [1.29, 1.82) is 0 Å². The van der Waals surface area contributed by atoms with Gasteiger partial charge in [-0.1, -0.05) is 299 Å². The maximum atomic E-state index is 13.1. The Hall–Kier alpha value is -3.76. The van der Waals surface area contributed by atoms with Crippen molar-refractivity contribution in [2.45, 2.75) is 354 Å². The van der Waals surface area contributed by atoms with Gasteiger partial charge in [0, 0.05) is 25.7 Å². The third-order valence-corrected chi connectivity index (χ3v) is 18.3. The van der Waals surface area contributed by atoms with E-state index in [-0.39, 0.29) is 25.7 Å². The number of carbonyl (C=O) groups excluding carboxylic acids is 4. The molecule has 0 aromatic rings. The molecular formula is C79H140O17P2. The van der Waals surface area contributed by atoms with Crippen LogP contribution in [0.3, 0.4) is 0 Å². The van der Waals surface area contributed by atoms with Gasteiger partial charge in [0.25, 0.3) is 0 Å². The van der Waals surface area contributed by atoms with E-state index in [1.165, 1.54) is 128 Å². The van der Waals surface area contributed by atoms with Crippen LogP contribution in [0.1, 0.15) is 336 Å². The first-order chi connectivity index (χ1) is 47.7. The first-order valence-electron chi connectivity index (χ1n) is 38.8. The summed E-state index contributed by atoms with van der Waals surface area (Å²) in [5.74, 6) is -2.23. The average molecular weight is 1420 g/mol. The Balaban J connectivity index is 5.36. The molecule has 3 N–H and O–H groups in total. The van der Waals surface area contributed by atoms with Crippen molar-refractivity contribution in [3.8, 4) is 0 Å². The minimum absolute atomic E-state index is 0.0679. The summed E-state index contributed by atoms with van der Waals surface area (Å²) < 4.78 is 68.4. The van der Waals surface area contributed by atoms with E-state index in [4.69, 9.17) is 37.0 Å². The van der Waals surface area contributed by atoms with Crippen LogP contribution >= 0.6 is 15.6 Å². The molecule has 0 amide bonds. The van der Waals surface area contributed by atoms with Gasteiger partial charge < -0.3 is 33.8 Å². The van der Waals surface area contributed by atoms with Crippen LogP contribution in [-0.2, 0) is 65.4 Å². The third kappa shape index (κ3) is 70.7. The van der Waals surface area contributed by atoms with Crippen LogP contribution in [-0.4, -0.2) is 96.7 Å². The Morgan fingerprint density at radius 3 is 0.878 bits per heavy atom. The fraction of sp³-hybridized carbons (Fsp3) is 0.772. The molecule has 5 unspecified atom stereocenters. The zero-order valence-electron chi connectivity index (χ0n) is 62.0. The van der Waals surface area contributed by atoms with Gasteiger partial charge in [-0.05, 0) is 96.3 Å². The highest BCUT2D eigenvalue weighted by molar-refractivity contribution is 7.47.